The molecular weight excluding hydrogens is 332 g/mol. The number of nitrogens with zero attached hydrogens (tertiary/aromatic N) is 1. The normalized spacial score (nSPS) is 22.7. The van der Waals surface area contributed by atoms with Gasteiger partial charge in [0.1, 0.15) is 5.75 Å². The van der Waals surface area contributed by atoms with Crippen LogP contribution in [0.5, 0.6) is 5.75 Å². The summed E-state index contributed by atoms with van der Waals surface area (Å²) in [6.45, 7) is 1.16. The van der Waals surface area contributed by atoms with Crippen molar-refractivity contribution in [3.8, 4) is 5.75 Å². The number of amides is 1. The molecule has 136 valence electrons. The Balaban J connectivity index is 1.51. The van der Waals surface area contributed by atoms with Crippen molar-refractivity contribution in [2.24, 2.45) is 11.8 Å². The highest BCUT2D eigenvalue weighted by molar-refractivity contribution is 5.94. The number of aromatic nitrogens is 1. The van der Waals surface area contributed by atoms with E-state index in [4.69, 9.17) is 9.84 Å². The van der Waals surface area contributed by atoms with Crippen LogP contribution in [0.2, 0.25) is 0 Å². The first-order valence-electron chi connectivity index (χ1n) is 8.94. The number of benzene rings is 1. The van der Waals surface area contributed by atoms with E-state index in [0.717, 1.165) is 28.6 Å². The van der Waals surface area contributed by atoms with Crippen LogP contribution in [0.1, 0.15) is 24.8 Å². The van der Waals surface area contributed by atoms with Gasteiger partial charge in [-0.05, 0) is 43.0 Å². The quantitative estimate of drug-likeness (QED) is 0.884. The van der Waals surface area contributed by atoms with E-state index in [2.05, 4.69) is 11.1 Å². The summed E-state index contributed by atoms with van der Waals surface area (Å²) in [5, 5.41) is 10.3. The molecule has 2 atom stereocenters. The van der Waals surface area contributed by atoms with E-state index >= 15 is 0 Å². The molecule has 2 aliphatic rings. The number of nitrogens with one attached hydrogen (secondary N) is 1. The SMILES string of the molecule is COc1ccc2[nH]cc(C3=CCN(C(=O)C4CCC4C(=O)O)CC3)c2c1. The number of methoxy groups -OCH3 is 1. The molecule has 1 aliphatic carbocycles. The smallest absolute Gasteiger partial charge is 0.307 e. The molecule has 0 radical (unpaired) electrons. The number of carboxylic acid groups (broad SMARTS) is 1. The lowest BCUT2D eigenvalue weighted by atomic mass is 9.72. The molecule has 1 aliphatic heterocycles. The topological polar surface area (TPSA) is 82.6 Å². The molecule has 1 amide bonds. The van der Waals surface area contributed by atoms with E-state index in [-0.39, 0.29) is 11.8 Å². The maximum Gasteiger partial charge on any atom is 0.307 e. The second-order valence-corrected chi connectivity index (χ2v) is 7.01. The average molecular weight is 354 g/mol. The first-order chi connectivity index (χ1) is 12.6. The zero-order chi connectivity index (χ0) is 18.3. The van der Waals surface area contributed by atoms with E-state index in [9.17, 15) is 9.59 Å². The molecule has 2 N–H and O–H groups in total. The molecule has 0 bridgehead atoms. The molecule has 26 heavy (non-hydrogen) atoms. The van der Waals surface area contributed by atoms with Crippen LogP contribution in [-0.4, -0.2) is 47.1 Å². The van der Waals surface area contributed by atoms with E-state index in [0.29, 0.717) is 25.9 Å². The molecule has 6 heteroatoms. The summed E-state index contributed by atoms with van der Waals surface area (Å²) in [6, 6.07) is 5.95. The number of rotatable bonds is 4. The zero-order valence-corrected chi connectivity index (χ0v) is 14.7. The fourth-order valence-corrected chi connectivity index (χ4v) is 3.93. The van der Waals surface area contributed by atoms with Crippen molar-refractivity contribution in [1.29, 1.82) is 0 Å². The fourth-order valence-electron chi connectivity index (χ4n) is 3.93. The molecule has 1 fully saturated rings. The predicted molar refractivity (Wildman–Crippen MR) is 97.9 cm³/mol. The number of carbonyl (C=O) groups is 2. The second-order valence-electron chi connectivity index (χ2n) is 7.01. The van der Waals surface area contributed by atoms with Crippen LogP contribution in [-0.2, 0) is 9.59 Å². The molecule has 6 nitrogen and oxygen atoms in total. The van der Waals surface area contributed by atoms with E-state index in [1.165, 1.54) is 5.57 Å². The van der Waals surface area contributed by atoms with Crippen LogP contribution in [0, 0.1) is 11.8 Å². The summed E-state index contributed by atoms with van der Waals surface area (Å²) in [7, 11) is 1.65. The number of hydrogen-bond donors (Lipinski definition) is 2. The highest BCUT2D eigenvalue weighted by Crippen LogP contribution is 2.37. The summed E-state index contributed by atoms with van der Waals surface area (Å²) < 4.78 is 5.32. The van der Waals surface area contributed by atoms with Gasteiger partial charge in [-0.3, -0.25) is 9.59 Å². The molecule has 1 saturated carbocycles. The third-order valence-corrected chi connectivity index (χ3v) is 5.66. The Bertz CT molecular complexity index is 898. The molecule has 1 aromatic carbocycles. The van der Waals surface area contributed by atoms with Crippen LogP contribution >= 0.6 is 0 Å². The number of ether oxygens (including phenoxy) is 1. The lowest BCUT2D eigenvalue weighted by Gasteiger charge is -2.37. The Morgan fingerprint density at radius 1 is 1.27 bits per heavy atom. The third kappa shape index (κ3) is 2.75. The number of aromatic amines is 1. The van der Waals surface area contributed by atoms with Crippen LogP contribution in [0.3, 0.4) is 0 Å². The van der Waals surface area contributed by atoms with Crippen molar-refractivity contribution >= 4 is 28.4 Å². The van der Waals surface area contributed by atoms with Gasteiger partial charge in [0.15, 0.2) is 0 Å². The van der Waals surface area contributed by atoms with Crippen LogP contribution < -0.4 is 4.74 Å². The van der Waals surface area contributed by atoms with Gasteiger partial charge in [-0.1, -0.05) is 6.08 Å². The second kappa shape index (κ2) is 6.52. The van der Waals surface area contributed by atoms with Crippen LogP contribution in [0.4, 0.5) is 0 Å². The van der Waals surface area contributed by atoms with Gasteiger partial charge in [0, 0.05) is 35.8 Å². The molecule has 0 spiro atoms. The maximum absolute atomic E-state index is 12.6. The number of H-pyrrole nitrogens is 1. The van der Waals surface area contributed by atoms with Gasteiger partial charge >= 0.3 is 5.97 Å². The van der Waals surface area contributed by atoms with Gasteiger partial charge < -0.3 is 19.7 Å². The van der Waals surface area contributed by atoms with Crippen molar-refractivity contribution in [2.45, 2.75) is 19.3 Å². The van der Waals surface area contributed by atoms with Crippen molar-refractivity contribution < 1.29 is 19.4 Å². The number of aliphatic carboxylic acids is 1. The highest BCUT2D eigenvalue weighted by Gasteiger charge is 2.43. The maximum atomic E-state index is 12.6. The first-order valence-corrected chi connectivity index (χ1v) is 8.94. The summed E-state index contributed by atoms with van der Waals surface area (Å²) in [4.78, 5) is 28.8. The number of fused-ring (bicyclic) bond motifs is 1. The van der Waals surface area contributed by atoms with Crippen molar-refractivity contribution in [1.82, 2.24) is 9.88 Å². The minimum atomic E-state index is -0.851. The Kier molecular flexibility index (Phi) is 4.18. The Morgan fingerprint density at radius 3 is 2.69 bits per heavy atom. The van der Waals surface area contributed by atoms with Crippen molar-refractivity contribution in [2.75, 3.05) is 20.2 Å². The Morgan fingerprint density at radius 2 is 2.08 bits per heavy atom. The molecule has 2 aromatic rings. The van der Waals surface area contributed by atoms with Crippen LogP contribution in [0.25, 0.3) is 16.5 Å². The van der Waals surface area contributed by atoms with Gasteiger partial charge in [0.2, 0.25) is 5.91 Å². The predicted octanol–water partition coefficient (Wildman–Crippen LogP) is 2.90. The minimum Gasteiger partial charge on any atom is -0.497 e. The molecule has 1 aromatic heterocycles. The highest BCUT2D eigenvalue weighted by atomic mass is 16.5. The minimum absolute atomic E-state index is 0.0143. The number of hydrogen-bond acceptors (Lipinski definition) is 3. The molecule has 4 rings (SSSR count). The lowest BCUT2D eigenvalue weighted by molar-refractivity contribution is -0.156. The fraction of sp³-hybridized carbons (Fsp3) is 0.400. The number of carbonyl (C=O) groups excluding carboxylic acids is 1. The largest absolute Gasteiger partial charge is 0.497 e. The van der Waals surface area contributed by atoms with E-state index < -0.39 is 11.9 Å². The van der Waals surface area contributed by atoms with Crippen LogP contribution in [0.15, 0.2) is 30.5 Å². The van der Waals surface area contributed by atoms with Crippen molar-refractivity contribution in [3.63, 3.8) is 0 Å². The molecular formula is C20H22N2O4. The Labute approximate surface area is 151 Å². The van der Waals surface area contributed by atoms with Gasteiger partial charge in [0.05, 0.1) is 18.9 Å². The lowest BCUT2D eigenvalue weighted by Crippen LogP contribution is -2.47. The standard InChI is InChI=1S/C20H22N2O4/c1-26-13-2-5-18-16(10-13)17(11-21-18)12-6-8-22(9-7-12)19(23)14-3-4-15(14)20(24)25/h2,5-6,10-11,14-15,21H,3-4,7-9H2,1H3,(H,24,25). The Hall–Kier alpha value is -2.76. The third-order valence-electron chi connectivity index (χ3n) is 5.66. The zero-order valence-electron chi connectivity index (χ0n) is 14.7. The van der Waals surface area contributed by atoms with Gasteiger partial charge in [-0.2, -0.15) is 0 Å². The van der Waals surface area contributed by atoms with Gasteiger partial charge in [-0.15, -0.1) is 0 Å². The van der Waals surface area contributed by atoms with E-state index in [1.807, 2.05) is 24.4 Å². The number of carboxylic acids is 1. The summed E-state index contributed by atoms with van der Waals surface area (Å²) in [5.74, 6) is -0.903. The monoisotopic (exact) mass is 354 g/mol. The average Bonchev–Trinajstić information content (AvgIpc) is 3.03. The molecule has 0 saturated heterocycles. The van der Waals surface area contributed by atoms with E-state index in [1.54, 1.807) is 12.0 Å². The first kappa shape index (κ1) is 16.7. The molecule has 2 unspecified atom stereocenters. The summed E-state index contributed by atoms with van der Waals surface area (Å²) in [5.41, 5.74) is 3.40. The summed E-state index contributed by atoms with van der Waals surface area (Å²) >= 11 is 0. The van der Waals surface area contributed by atoms with Crippen molar-refractivity contribution in [3.05, 3.63) is 36.0 Å². The summed E-state index contributed by atoms with van der Waals surface area (Å²) in [6.07, 6.45) is 6.14. The van der Waals surface area contributed by atoms with Gasteiger partial charge in [0.25, 0.3) is 0 Å². The van der Waals surface area contributed by atoms with Gasteiger partial charge in [-0.25, -0.2) is 0 Å². The molecule has 2 heterocycles.